The average molecular weight is 275 g/mol. The molecule has 0 saturated heterocycles. The quantitative estimate of drug-likeness (QED) is 0.627. The Kier molecular flexibility index (Phi) is 2.76. The van der Waals surface area contributed by atoms with E-state index in [2.05, 4.69) is 20.3 Å². The molecule has 1 aromatic carbocycles. The molecule has 3 rings (SSSR count). The van der Waals surface area contributed by atoms with Gasteiger partial charge in [0, 0.05) is 22.8 Å². The highest BCUT2D eigenvalue weighted by Crippen LogP contribution is 2.28. The zero-order valence-corrected chi connectivity index (χ0v) is 10.9. The molecular weight excluding hydrogens is 264 g/mol. The van der Waals surface area contributed by atoms with Gasteiger partial charge in [0.25, 0.3) is 0 Å². The lowest BCUT2D eigenvalue weighted by Gasteiger charge is -2.04. The van der Waals surface area contributed by atoms with Crippen LogP contribution in [0.15, 0.2) is 30.5 Å². The number of aryl methyl sites for hydroxylation is 1. The molecule has 0 spiro atoms. The molecule has 96 valence electrons. The number of aromatic hydroxyl groups is 1. The van der Waals surface area contributed by atoms with E-state index in [1.807, 2.05) is 6.92 Å². The highest BCUT2D eigenvalue weighted by Gasteiger charge is 2.07. The first-order valence-electron chi connectivity index (χ1n) is 5.70. The van der Waals surface area contributed by atoms with E-state index < -0.39 is 0 Å². The number of rotatable bonds is 2. The Morgan fingerprint density at radius 2 is 2.11 bits per heavy atom. The second-order valence-corrected chi connectivity index (χ2v) is 4.60. The van der Waals surface area contributed by atoms with Gasteiger partial charge < -0.3 is 15.4 Å². The van der Waals surface area contributed by atoms with Gasteiger partial charge in [-0.25, -0.2) is 9.97 Å². The predicted molar refractivity (Wildman–Crippen MR) is 75.0 cm³/mol. The number of nitrogens with one attached hydrogen (secondary N) is 2. The number of benzene rings is 1. The summed E-state index contributed by atoms with van der Waals surface area (Å²) >= 11 is 5.89. The summed E-state index contributed by atoms with van der Waals surface area (Å²) in [5, 5.41) is 13.9. The number of phenolic OH excluding ortho intramolecular Hbond substituents is 1. The monoisotopic (exact) mass is 274 g/mol. The van der Waals surface area contributed by atoms with Gasteiger partial charge in [-0.2, -0.15) is 0 Å². The molecule has 5 nitrogen and oxygen atoms in total. The molecule has 6 heteroatoms. The van der Waals surface area contributed by atoms with Crippen LogP contribution in [0, 0.1) is 6.92 Å². The minimum atomic E-state index is 0.207. The zero-order chi connectivity index (χ0) is 13.4. The van der Waals surface area contributed by atoms with E-state index in [1.165, 1.54) is 0 Å². The van der Waals surface area contributed by atoms with Crippen LogP contribution in [-0.4, -0.2) is 20.1 Å². The number of hydrogen-bond acceptors (Lipinski definition) is 4. The Bertz CT molecular complexity index is 733. The number of H-pyrrole nitrogens is 1. The van der Waals surface area contributed by atoms with Crippen LogP contribution in [0.5, 0.6) is 5.75 Å². The third kappa shape index (κ3) is 2.32. The van der Waals surface area contributed by atoms with Crippen LogP contribution < -0.4 is 5.32 Å². The summed E-state index contributed by atoms with van der Waals surface area (Å²) in [6.07, 6.45) is 1.80. The van der Waals surface area contributed by atoms with Crippen molar-refractivity contribution in [3.63, 3.8) is 0 Å². The number of nitrogens with zero attached hydrogens (tertiary/aromatic N) is 2. The van der Waals surface area contributed by atoms with Crippen molar-refractivity contribution in [2.45, 2.75) is 6.92 Å². The maximum absolute atomic E-state index is 9.53. The molecule has 0 fully saturated rings. The highest BCUT2D eigenvalue weighted by atomic mass is 35.5. The predicted octanol–water partition coefficient (Wildman–Crippen LogP) is 3.37. The van der Waals surface area contributed by atoms with Crippen molar-refractivity contribution in [3.05, 3.63) is 41.3 Å². The molecular formula is C13H11ClN4O. The smallest absolute Gasteiger partial charge is 0.228 e. The highest BCUT2D eigenvalue weighted by molar-refractivity contribution is 6.29. The van der Waals surface area contributed by atoms with Gasteiger partial charge in [0.2, 0.25) is 5.95 Å². The summed E-state index contributed by atoms with van der Waals surface area (Å²) in [7, 11) is 0. The fourth-order valence-corrected chi connectivity index (χ4v) is 2.16. The van der Waals surface area contributed by atoms with Crippen LogP contribution in [0.25, 0.3) is 10.9 Å². The Morgan fingerprint density at radius 1 is 1.26 bits per heavy atom. The van der Waals surface area contributed by atoms with Gasteiger partial charge in [-0.15, -0.1) is 0 Å². The van der Waals surface area contributed by atoms with Crippen molar-refractivity contribution < 1.29 is 5.11 Å². The molecule has 2 aromatic heterocycles. The summed E-state index contributed by atoms with van der Waals surface area (Å²) in [5.41, 5.74) is 2.48. The maximum atomic E-state index is 9.53. The second kappa shape index (κ2) is 4.44. The molecule has 0 aliphatic rings. The Labute approximate surface area is 114 Å². The number of phenols is 1. The molecule has 0 saturated carbocycles. The van der Waals surface area contributed by atoms with Crippen molar-refractivity contribution >= 4 is 34.1 Å². The molecule has 0 atom stereocenters. The summed E-state index contributed by atoms with van der Waals surface area (Å²) in [4.78, 5) is 11.5. The van der Waals surface area contributed by atoms with Gasteiger partial charge >= 0.3 is 0 Å². The molecule has 19 heavy (non-hydrogen) atoms. The molecule has 3 N–H and O–H groups in total. The number of hydrogen-bond donors (Lipinski definition) is 3. The van der Waals surface area contributed by atoms with E-state index in [0.717, 1.165) is 22.3 Å². The molecule has 0 aliphatic heterocycles. The normalized spacial score (nSPS) is 10.8. The van der Waals surface area contributed by atoms with Gasteiger partial charge in [0.05, 0.1) is 5.69 Å². The molecule has 0 unspecified atom stereocenters. The number of aromatic amines is 1. The van der Waals surface area contributed by atoms with Crippen molar-refractivity contribution in [2.75, 3.05) is 5.32 Å². The van der Waals surface area contributed by atoms with Crippen molar-refractivity contribution in [1.82, 2.24) is 15.0 Å². The number of fused-ring (bicyclic) bond motifs is 1. The van der Waals surface area contributed by atoms with E-state index in [9.17, 15) is 5.11 Å². The summed E-state index contributed by atoms with van der Waals surface area (Å²) in [6.45, 7) is 1.85. The van der Waals surface area contributed by atoms with Crippen LogP contribution in [-0.2, 0) is 0 Å². The minimum absolute atomic E-state index is 0.207. The molecule has 0 aliphatic carbocycles. The lowest BCUT2D eigenvalue weighted by molar-refractivity contribution is 0.476. The largest absolute Gasteiger partial charge is 0.508 e. The van der Waals surface area contributed by atoms with Crippen LogP contribution >= 0.6 is 11.6 Å². The van der Waals surface area contributed by atoms with E-state index in [1.54, 1.807) is 30.5 Å². The lowest BCUT2D eigenvalue weighted by atomic mass is 10.2. The van der Waals surface area contributed by atoms with Crippen LogP contribution in [0.2, 0.25) is 5.15 Å². The van der Waals surface area contributed by atoms with Gasteiger partial charge in [-0.1, -0.05) is 11.6 Å². The number of anilines is 2. The van der Waals surface area contributed by atoms with Crippen LogP contribution in [0.1, 0.15) is 5.69 Å². The Balaban J connectivity index is 2.03. The first kappa shape index (κ1) is 11.8. The van der Waals surface area contributed by atoms with Crippen molar-refractivity contribution in [3.8, 4) is 5.75 Å². The van der Waals surface area contributed by atoms with Gasteiger partial charge in [0.15, 0.2) is 0 Å². The summed E-state index contributed by atoms with van der Waals surface area (Å²) < 4.78 is 0. The van der Waals surface area contributed by atoms with Crippen molar-refractivity contribution in [2.24, 2.45) is 0 Å². The molecule has 0 bridgehead atoms. The molecule has 0 amide bonds. The number of aromatic nitrogens is 3. The Morgan fingerprint density at radius 3 is 2.89 bits per heavy atom. The molecule has 3 aromatic rings. The molecule has 0 radical (unpaired) electrons. The first-order valence-corrected chi connectivity index (χ1v) is 6.08. The lowest BCUT2D eigenvalue weighted by Crippen LogP contribution is -1.97. The van der Waals surface area contributed by atoms with E-state index in [0.29, 0.717) is 11.1 Å². The number of halogens is 1. The SMILES string of the molecule is Cc1cc(Cl)nc(Nc2c[nH]c3ccc(O)cc23)n1. The summed E-state index contributed by atoms with van der Waals surface area (Å²) in [6, 6.07) is 6.79. The fourth-order valence-electron chi connectivity index (χ4n) is 1.92. The van der Waals surface area contributed by atoms with E-state index in [4.69, 9.17) is 11.6 Å². The second-order valence-electron chi connectivity index (χ2n) is 4.21. The third-order valence-electron chi connectivity index (χ3n) is 2.73. The van der Waals surface area contributed by atoms with Crippen molar-refractivity contribution in [1.29, 1.82) is 0 Å². The Hall–Kier alpha value is -2.27. The van der Waals surface area contributed by atoms with Crippen LogP contribution in [0.3, 0.4) is 0 Å². The fraction of sp³-hybridized carbons (Fsp3) is 0.0769. The third-order valence-corrected chi connectivity index (χ3v) is 2.93. The van der Waals surface area contributed by atoms with E-state index in [-0.39, 0.29) is 5.75 Å². The minimum Gasteiger partial charge on any atom is -0.508 e. The van der Waals surface area contributed by atoms with E-state index >= 15 is 0 Å². The van der Waals surface area contributed by atoms with Crippen LogP contribution in [0.4, 0.5) is 11.6 Å². The topological polar surface area (TPSA) is 73.8 Å². The zero-order valence-electron chi connectivity index (χ0n) is 10.1. The first-order chi connectivity index (χ1) is 9.11. The van der Waals surface area contributed by atoms with Gasteiger partial charge in [-0.3, -0.25) is 0 Å². The summed E-state index contributed by atoms with van der Waals surface area (Å²) in [5.74, 6) is 0.632. The maximum Gasteiger partial charge on any atom is 0.228 e. The molecule has 2 heterocycles. The standard InChI is InChI=1S/C13H11ClN4O/c1-7-4-12(14)18-13(16-7)17-11-6-15-10-3-2-8(19)5-9(10)11/h2-6,15,19H,1H3,(H,16,17,18). The average Bonchev–Trinajstić information content (AvgIpc) is 2.70. The van der Waals surface area contributed by atoms with Gasteiger partial charge in [-0.05, 0) is 31.2 Å². The van der Waals surface area contributed by atoms with Gasteiger partial charge in [0.1, 0.15) is 10.9 Å².